The largest absolute Gasteiger partial charge is 0.376 e. The van der Waals surface area contributed by atoms with Crippen molar-refractivity contribution in [2.24, 2.45) is 5.41 Å². The monoisotopic (exact) mass is 371 g/mol. The number of aromatic nitrogens is 1. The number of pyridine rings is 1. The minimum absolute atomic E-state index is 0.0670. The first-order valence-corrected chi connectivity index (χ1v) is 10.2. The number of hydrogen-bond donors (Lipinski definition) is 0. The molecule has 1 unspecified atom stereocenters. The van der Waals surface area contributed by atoms with E-state index in [-0.39, 0.29) is 23.3 Å². The Balaban J connectivity index is 1.25. The Kier molecular flexibility index (Phi) is 5.43. The third-order valence-electron chi connectivity index (χ3n) is 6.41. The molecule has 1 atom stereocenters. The van der Waals surface area contributed by atoms with Crippen molar-refractivity contribution in [2.75, 3.05) is 32.8 Å². The van der Waals surface area contributed by atoms with Crippen LogP contribution in [0.3, 0.4) is 0 Å². The minimum atomic E-state index is 0.0670. The van der Waals surface area contributed by atoms with Gasteiger partial charge in [0, 0.05) is 63.4 Å². The molecule has 0 N–H and O–H groups in total. The maximum atomic E-state index is 12.5. The van der Waals surface area contributed by atoms with Crippen LogP contribution in [0.4, 0.5) is 0 Å². The normalized spacial score (nSPS) is 24.7. The highest BCUT2D eigenvalue weighted by Gasteiger charge is 2.45. The second-order valence-electron chi connectivity index (χ2n) is 8.32. The fourth-order valence-corrected chi connectivity index (χ4v) is 4.71. The van der Waals surface area contributed by atoms with E-state index in [2.05, 4.69) is 4.98 Å². The van der Waals surface area contributed by atoms with E-state index in [9.17, 15) is 9.59 Å². The lowest BCUT2D eigenvalue weighted by molar-refractivity contribution is -0.133. The molecule has 4 rings (SSSR count). The van der Waals surface area contributed by atoms with Crippen LogP contribution < -0.4 is 0 Å². The molecule has 1 spiro atoms. The summed E-state index contributed by atoms with van der Waals surface area (Å²) in [5.74, 6) is 0.491. The first kappa shape index (κ1) is 18.4. The molecule has 2 amide bonds. The molecule has 0 radical (unpaired) electrons. The maximum absolute atomic E-state index is 12.5. The number of amides is 2. The highest BCUT2D eigenvalue weighted by molar-refractivity contribution is 5.80. The second kappa shape index (κ2) is 7.97. The zero-order chi connectivity index (χ0) is 18.7. The van der Waals surface area contributed by atoms with E-state index in [1.54, 1.807) is 12.4 Å². The predicted molar refractivity (Wildman–Crippen MR) is 101 cm³/mol. The zero-order valence-electron chi connectivity index (χ0n) is 15.9. The molecule has 3 aliphatic rings. The fraction of sp³-hybridized carbons (Fsp3) is 0.667. The van der Waals surface area contributed by atoms with Crippen molar-refractivity contribution in [3.8, 4) is 0 Å². The molecule has 146 valence electrons. The van der Waals surface area contributed by atoms with Gasteiger partial charge in [0.15, 0.2) is 0 Å². The Bertz CT molecular complexity index is 665. The van der Waals surface area contributed by atoms with Gasteiger partial charge in [-0.15, -0.1) is 0 Å². The van der Waals surface area contributed by atoms with Crippen LogP contribution in [0.2, 0.25) is 0 Å². The summed E-state index contributed by atoms with van der Waals surface area (Å²) < 4.78 is 5.70. The number of ether oxygens (including phenoxy) is 1. The van der Waals surface area contributed by atoms with Crippen molar-refractivity contribution in [1.29, 1.82) is 0 Å². The van der Waals surface area contributed by atoms with Gasteiger partial charge in [-0.1, -0.05) is 0 Å². The lowest BCUT2D eigenvalue weighted by Gasteiger charge is -2.39. The average Bonchev–Trinajstić information content (AvgIpc) is 3.30. The number of carbonyl (C=O) groups excluding carboxylic acids is 2. The van der Waals surface area contributed by atoms with Crippen LogP contribution in [-0.2, 0) is 20.7 Å². The summed E-state index contributed by atoms with van der Waals surface area (Å²) in [6, 6.07) is 3.93. The van der Waals surface area contributed by atoms with E-state index in [0.29, 0.717) is 12.8 Å². The number of piperidine rings is 1. The summed E-state index contributed by atoms with van der Waals surface area (Å²) >= 11 is 0. The molecule has 6 heteroatoms. The first-order valence-electron chi connectivity index (χ1n) is 10.2. The van der Waals surface area contributed by atoms with Crippen LogP contribution in [0.5, 0.6) is 0 Å². The van der Waals surface area contributed by atoms with Crippen LogP contribution >= 0.6 is 0 Å². The Morgan fingerprint density at radius 3 is 2.74 bits per heavy atom. The van der Waals surface area contributed by atoms with Crippen molar-refractivity contribution in [3.63, 3.8) is 0 Å². The van der Waals surface area contributed by atoms with Gasteiger partial charge < -0.3 is 14.5 Å². The van der Waals surface area contributed by atoms with E-state index < -0.39 is 0 Å². The Morgan fingerprint density at radius 2 is 2.04 bits per heavy atom. The second-order valence-corrected chi connectivity index (χ2v) is 8.32. The summed E-state index contributed by atoms with van der Waals surface area (Å²) in [6.45, 7) is 3.96. The molecule has 1 aromatic rings. The molecule has 3 saturated heterocycles. The molecule has 0 aromatic carbocycles. The zero-order valence-corrected chi connectivity index (χ0v) is 15.9. The van der Waals surface area contributed by atoms with Gasteiger partial charge in [-0.05, 0) is 49.8 Å². The molecule has 6 nitrogen and oxygen atoms in total. The van der Waals surface area contributed by atoms with Crippen molar-refractivity contribution < 1.29 is 14.3 Å². The van der Waals surface area contributed by atoms with E-state index in [0.717, 1.165) is 70.5 Å². The molecule has 3 fully saturated rings. The summed E-state index contributed by atoms with van der Waals surface area (Å²) in [4.78, 5) is 33.1. The smallest absolute Gasteiger partial charge is 0.223 e. The van der Waals surface area contributed by atoms with Crippen molar-refractivity contribution >= 4 is 11.8 Å². The van der Waals surface area contributed by atoms with Crippen LogP contribution in [-0.4, -0.2) is 65.5 Å². The van der Waals surface area contributed by atoms with Crippen LogP contribution in [0.1, 0.15) is 44.1 Å². The number of carbonyl (C=O) groups is 2. The summed E-state index contributed by atoms with van der Waals surface area (Å²) in [5.41, 5.74) is 1.22. The van der Waals surface area contributed by atoms with E-state index in [4.69, 9.17) is 4.74 Å². The molecule has 1 aromatic heterocycles. The molecule has 0 saturated carbocycles. The number of nitrogens with zero attached hydrogens (tertiary/aromatic N) is 3. The predicted octanol–water partition coefficient (Wildman–Crippen LogP) is 2.03. The first-order chi connectivity index (χ1) is 13.1. The average molecular weight is 371 g/mol. The summed E-state index contributed by atoms with van der Waals surface area (Å²) in [5, 5.41) is 0. The van der Waals surface area contributed by atoms with E-state index in [1.807, 2.05) is 21.9 Å². The van der Waals surface area contributed by atoms with Gasteiger partial charge in [-0.25, -0.2) is 0 Å². The van der Waals surface area contributed by atoms with Gasteiger partial charge in [0.2, 0.25) is 11.8 Å². The molecule has 27 heavy (non-hydrogen) atoms. The number of hydrogen-bond acceptors (Lipinski definition) is 4. The van der Waals surface area contributed by atoms with Crippen LogP contribution in [0, 0.1) is 5.41 Å². The number of likely N-dealkylation sites (tertiary alicyclic amines) is 2. The van der Waals surface area contributed by atoms with Gasteiger partial charge in [0.25, 0.3) is 0 Å². The van der Waals surface area contributed by atoms with Crippen LogP contribution in [0.15, 0.2) is 24.5 Å². The SMILES string of the molecule is O=C(CCc1ccncc1)N1CCC2(CC1)CC(=O)N(CC1CCCO1)C2. The van der Waals surface area contributed by atoms with Gasteiger partial charge in [-0.3, -0.25) is 14.6 Å². The standard InChI is InChI=1S/C21H29N3O3/c25-19(4-3-17-5-9-22-10-6-17)23-11-7-21(8-12-23)14-20(26)24(16-21)15-18-2-1-13-27-18/h5-6,9-10,18H,1-4,7-8,11-16H2. The molecular weight excluding hydrogens is 342 g/mol. The molecular formula is C21H29N3O3. The third-order valence-corrected chi connectivity index (χ3v) is 6.41. The van der Waals surface area contributed by atoms with Crippen molar-refractivity contribution in [2.45, 2.75) is 51.0 Å². The van der Waals surface area contributed by atoms with Crippen LogP contribution in [0.25, 0.3) is 0 Å². The van der Waals surface area contributed by atoms with E-state index >= 15 is 0 Å². The van der Waals surface area contributed by atoms with Gasteiger partial charge in [0.05, 0.1) is 6.10 Å². The highest BCUT2D eigenvalue weighted by atomic mass is 16.5. The Hall–Kier alpha value is -1.95. The third kappa shape index (κ3) is 4.32. The summed E-state index contributed by atoms with van der Waals surface area (Å²) in [7, 11) is 0. The Morgan fingerprint density at radius 1 is 1.26 bits per heavy atom. The van der Waals surface area contributed by atoms with Gasteiger partial charge in [0.1, 0.15) is 0 Å². The molecule has 3 aliphatic heterocycles. The van der Waals surface area contributed by atoms with Crippen molar-refractivity contribution in [3.05, 3.63) is 30.1 Å². The molecule has 0 bridgehead atoms. The number of rotatable bonds is 5. The van der Waals surface area contributed by atoms with E-state index in [1.165, 1.54) is 0 Å². The minimum Gasteiger partial charge on any atom is -0.376 e. The van der Waals surface area contributed by atoms with Gasteiger partial charge >= 0.3 is 0 Å². The lowest BCUT2D eigenvalue weighted by Crippen LogP contribution is -2.44. The van der Waals surface area contributed by atoms with Crippen molar-refractivity contribution in [1.82, 2.24) is 14.8 Å². The lowest BCUT2D eigenvalue weighted by atomic mass is 9.77. The topological polar surface area (TPSA) is 62.7 Å². The Labute approximate surface area is 160 Å². The quantitative estimate of drug-likeness (QED) is 0.795. The molecule has 4 heterocycles. The summed E-state index contributed by atoms with van der Waals surface area (Å²) in [6.07, 6.45) is 9.73. The maximum Gasteiger partial charge on any atom is 0.223 e. The van der Waals surface area contributed by atoms with Gasteiger partial charge in [-0.2, -0.15) is 0 Å². The number of aryl methyl sites for hydroxylation is 1. The fourth-order valence-electron chi connectivity index (χ4n) is 4.71. The highest BCUT2D eigenvalue weighted by Crippen LogP contribution is 2.41. The molecule has 0 aliphatic carbocycles.